The lowest BCUT2D eigenvalue weighted by Crippen LogP contribution is -2.50. The first-order valence-electron chi connectivity index (χ1n) is 8.88. The smallest absolute Gasteiger partial charge is 0.407 e. The molecule has 1 aromatic rings. The number of sulfonamides is 1. The molecule has 152 valence electrons. The Hall–Kier alpha value is -1.02. The van der Waals surface area contributed by atoms with E-state index in [2.05, 4.69) is 5.32 Å². The van der Waals surface area contributed by atoms with Crippen LogP contribution < -0.4 is 5.32 Å². The van der Waals surface area contributed by atoms with Gasteiger partial charge in [0, 0.05) is 29.2 Å². The van der Waals surface area contributed by atoms with E-state index in [4.69, 9.17) is 27.9 Å². The van der Waals surface area contributed by atoms with Gasteiger partial charge in [-0.05, 0) is 51.3 Å². The van der Waals surface area contributed by atoms with Gasteiger partial charge in [-0.15, -0.1) is 0 Å². The lowest BCUT2D eigenvalue weighted by Gasteiger charge is -2.35. The normalized spacial score (nSPS) is 18.9. The summed E-state index contributed by atoms with van der Waals surface area (Å²) in [6, 6.07) is 4.48. The molecule has 1 aromatic carbocycles. The third-order valence-corrected chi connectivity index (χ3v) is 6.62. The molecule has 1 aliphatic rings. The van der Waals surface area contributed by atoms with Gasteiger partial charge in [-0.25, -0.2) is 13.2 Å². The summed E-state index contributed by atoms with van der Waals surface area (Å²) >= 11 is 12.0. The maximum atomic E-state index is 13.0. The number of hydrogen-bond donors (Lipinski definition) is 1. The van der Waals surface area contributed by atoms with Gasteiger partial charge in [0.25, 0.3) is 0 Å². The summed E-state index contributed by atoms with van der Waals surface area (Å²) in [6.07, 6.45) is 1.83. The number of alkyl carbamates (subject to hydrolysis) is 1. The fourth-order valence-electron chi connectivity index (χ4n) is 2.98. The van der Waals surface area contributed by atoms with E-state index in [0.29, 0.717) is 28.6 Å². The highest BCUT2D eigenvalue weighted by Gasteiger charge is 2.33. The van der Waals surface area contributed by atoms with Crippen molar-refractivity contribution in [2.75, 3.05) is 13.1 Å². The van der Waals surface area contributed by atoms with E-state index in [0.717, 1.165) is 12.8 Å². The van der Waals surface area contributed by atoms with E-state index < -0.39 is 21.7 Å². The minimum atomic E-state index is -3.59. The summed E-state index contributed by atoms with van der Waals surface area (Å²) in [6.45, 7) is 5.97. The highest BCUT2D eigenvalue weighted by atomic mass is 35.5. The average molecular weight is 437 g/mol. The number of halogens is 2. The van der Waals surface area contributed by atoms with Crippen LogP contribution >= 0.6 is 23.2 Å². The molecule has 0 saturated carbocycles. The molecule has 27 heavy (non-hydrogen) atoms. The molecule has 1 aliphatic heterocycles. The number of benzene rings is 1. The summed E-state index contributed by atoms with van der Waals surface area (Å²) in [7, 11) is -3.59. The van der Waals surface area contributed by atoms with E-state index in [1.54, 1.807) is 32.9 Å². The second kappa shape index (κ2) is 8.99. The Morgan fingerprint density at radius 2 is 2.00 bits per heavy atom. The first kappa shape index (κ1) is 22.3. The van der Waals surface area contributed by atoms with Gasteiger partial charge in [0.15, 0.2) is 0 Å². The fourth-order valence-corrected chi connectivity index (χ4v) is 5.38. The maximum Gasteiger partial charge on any atom is 0.407 e. The lowest BCUT2D eigenvalue weighted by molar-refractivity contribution is 0.0512. The van der Waals surface area contributed by atoms with Crippen molar-refractivity contribution in [1.82, 2.24) is 9.62 Å². The van der Waals surface area contributed by atoms with Gasteiger partial charge in [-0.2, -0.15) is 4.31 Å². The number of carbonyl (C=O) groups is 1. The molecule has 0 spiro atoms. The third-order valence-electron chi connectivity index (χ3n) is 4.16. The van der Waals surface area contributed by atoms with Crippen LogP contribution in [0.4, 0.5) is 4.79 Å². The second-order valence-electron chi connectivity index (χ2n) is 7.64. The molecule has 1 amide bonds. The van der Waals surface area contributed by atoms with Gasteiger partial charge >= 0.3 is 6.09 Å². The molecule has 2 rings (SSSR count). The topological polar surface area (TPSA) is 75.7 Å². The Bertz CT molecular complexity index is 778. The Morgan fingerprint density at radius 3 is 2.63 bits per heavy atom. The zero-order chi connectivity index (χ0) is 20.2. The van der Waals surface area contributed by atoms with E-state index in [-0.39, 0.29) is 18.3 Å². The zero-order valence-corrected chi connectivity index (χ0v) is 18.1. The van der Waals surface area contributed by atoms with Crippen LogP contribution in [0, 0.1) is 0 Å². The Labute approximate surface area is 171 Å². The van der Waals surface area contributed by atoms with E-state index in [9.17, 15) is 13.2 Å². The van der Waals surface area contributed by atoms with Gasteiger partial charge in [0.05, 0.1) is 5.75 Å². The van der Waals surface area contributed by atoms with Crippen LogP contribution in [0.2, 0.25) is 10.0 Å². The molecule has 0 unspecified atom stereocenters. The summed E-state index contributed by atoms with van der Waals surface area (Å²) in [5.74, 6) is -0.202. The monoisotopic (exact) mass is 436 g/mol. The minimum absolute atomic E-state index is 0.202. The number of amides is 1. The van der Waals surface area contributed by atoms with E-state index >= 15 is 0 Å². The van der Waals surface area contributed by atoms with Gasteiger partial charge in [0.2, 0.25) is 10.0 Å². The number of piperidine rings is 1. The molecule has 0 bridgehead atoms. The number of nitrogens with one attached hydrogen (secondary N) is 1. The highest BCUT2D eigenvalue weighted by Crippen LogP contribution is 2.27. The predicted octanol–water partition coefficient (Wildman–Crippen LogP) is 4.20. The van der Waals surface area contributed by atoms with Crippen LogP contribution in [-0.4, -0.2) is 43.5 Å². The first-order valence-corrected chi connectivity index (χ1v) is 11.2. The molecule has 1 atom stereocenters. The van der Waals surface area contributed by atoms with Crippen molar-refractivity contribution in [2.24, 2.45) is 0 Å². The predicted molar refractivity (Wildman–Crippen MR) is 108 cm³/mol. The van der Waals surface area contributed by atoms with Gasteiger partial charge < -0.3 is 10.1 Å². The summed E-state index contributed by atoms with van der Waals surface area (Å²) in [5.41, 5.74) is -0.0983. The molecule has 0 aromatic heterocycles. The molecular formula is C18H26Cl2N2O4S. The molecule has 9 heteroatoms. The largest absolute Gasteiger partial charge is 0.444 e. The Kier molecular flexibility index (Phi) is 7.41. The maximum absolute atomic E-state index is 13.0. The lowest BCUT2D eigenvalue weighted by atomic mass is 10.1. The molecule has 0 radical (unpaired) electrons. The molecule has 0 aliphatic carbocycles. The molecule has 6 nitrogen and oxygen atoms in total. The molecule has 1 N–H and O–H groups in total. The van der Waals surface area contributed by atoms with Gasteiger partial charge in [-0.1, -0.05) is 35.7 Å². The van der Waals surface area contributed by atoms with Crippen molar-refractivity contribution < 1.29 is 17.9 Å². The number of ether oxygens (including phenoxy) is 1. The fraction of sp³-hybridized carbons (Fsp3) is 0.611. The number of nitrogens with zero attached hydrogens (tertiary/aromatic N) is 1. The Balaban J connectivity index is 2.07. The standard InChI is InChI=1S/C18H26Cl2N2O4S/c1-18(2,3)26-17(23)21-11-15-6-4-5-9-22(15)27(24,25)12-13-7-8-14(19)10-16(13)20/h7-8,10,15H,4-6,9,11-12H2,1-3H3,(H,21,23)/t15-/m1/s1. The van der Waals surface area contributed by atoms with Crippen LogP contribution in [0.15, 0.2) is 18.2 Å². The van der Waals surface area contributed by atoms with Crippen molar-refractivity contribution in [3.8, 4) is 0 Å². The minimum Gasteiger partial charge on any atom is -0.444 e. The van der Waals surface area contributed by atoms with Crippen molar-refractivity contribution in [3.05, 3.63) is 33.8 Å². The molecule has 1 fully saturated rings. The Morgan fingerprint density at radius 1 is 1.30 bits per heavy atom. The van der Waals surface area contributed by atoms with Crippen LogP contribution in [0.25, 0.3) is 0 Å². The van der Waals surface area contributed by atoms with E-state index in [1.165, 1.54) is 10.4 Å². The van der Waals surface area contributed by atoms with Crippen molar-refractivity contribution in [1.29, 1.82) is 0 Å². The SMILES string of the molecule is CC(C)(C)OC(=O)NC[C@H]1CCCCN1S(=O)(=O)Cc1ccc(Cl)cc1Cl. The van der Waals surface area contributed by atoms with Gasteiger partial charge in [0.1, 0.15) is 5.60 Å². The molecule has 1 saturated heterocycles. The quantitative estimate of drug-likeness (QED) is 0.749. The van der Waals surface area contributed by atoms with Crippen LogP contribution in [0.1, 0.15) is 45.6 Å². The molecule has 1 heterocycles. The van der Waals surface area contributed by atoms with Crippen molar-refractivity contribution >= 4 is 39.3 Å². The number of carbonyl (C=O) groups excluding carboxylic acids is 1. The number of rotatable bonds is 5. The van der Waals surface area contributed by atoms with Crippen LogP contribution in [-0.2, 0) is 20.5 Å². The van der Waals surface area contributed by atoms with Crippen LogP contribution in [0.3, 0.4) is 0 Å². The molecular weight excluding hydrogens is 411 g/mol. The van der Waals surface area contributed by atoms with Crippen molar-refractivity contribution in [2.45, 2.75) is 57.4 Å². The summed E-state index contributed by atoms with van der Waals surface area (Å²) < 4.78 is 32.6. The zero-order valence-electron chi connectivity index (χ0n) is 15.8. The van der Waals surface area contributed by atoms with E-state index in [1.807, 2.05) is 0 Å². The average Bonchev–Trinajstić information content (AvgIpc) is 2.54. The van der Waals surface area contributed by atoms with Gasteiger partial charge in [-0.3, -0.25) is 0 Å². The summed E-state index contributed by atoms with van der Waals surface area (Å²) in [5, 5.41) is 3.47. The first-order chi connectivity index (χ1) is 12.5. The third kappa shape index (κ3) is 6.82. The van der Waals surface area contributed by atoms with Crippen LogP contribution in [0.5, 0.6) is 0 Å². The second-order valence-corrected chi connectivity index (χ2v) is 10.4. The van der Waals surface area contributed by atoms with Crippen molar-refractivity contribution in [3.63, 3.8) is 0 Å². The number of hydrogen-bond acceptors (Lipinski definition) is 4. The summed E-state index contributed by atoms with van der Waals surface area (Å²) in [4.78, 5) is 11.9. The highest BCUT2D eigenvalue weighted by molar-refractivity contribution is 7.88.